The zero-order valence-corrected chi connectivity index (χ0v) is 7.81. The van der Waals surface area contributed by atoms with Crippen molar-refractivity contribution in [2.45, 2.75) is 13.3 Å². The Labute approximate surface area is 77.9 Å². The number of anilines is 1. The van der Waals surface area contributed by atoms with Crippen molar-refractivity contribution in [2.24, 2.45) is 5.73 Å². The molecule has 2 nitrogen and oxygen atoms in total. The molecule has 0 aliphatic heterocycles. The van der Waals surface area contributed by atoms with Crippen molar-refractivity contribution in [3.05, 3.63) is 29.6 Å². The number of benzene rings is 1. The zero-order chi connectivity index (χ0) is 9.68. The van der Waals surface area contributed by atoms with Crippen LogP contribution in [0, 0.1) is 12.7 Å². The van der Waals surface area contributed by atoms with Gasteiger partial charge in [-0.3, -0.25) is 0 Å². The molecule has 0 saturated heterocycles. The SMILES string of the molecule is Cc1ccc(F)cc1NCCCN. The summed E-state index contributed by atoms with van der Waals surface area (Å²) in [6, 6.07) is 4.73. The van der Waals surface area contributed by atoms with E-state index in [1.807, 2.05) is 6.92 Å². The van der Waals surface area contributed by atoms with Gasteiger partial charge >= 0.3 is 0 Å². The summed E-state index contributed by atoms with van der Waals surface area (Å²) in [7, 11) is 0. The van der Waals surface area contributed by atoms with Crippen LogP contribution in [0.1, 0.15) is 12.0 Å². The lowest BCUT2D eigenvalue weighted by atomic mass is 10.2. The van der Waals surface area contributed by atoms with E-state index in [1.54, 1.807) is 6.07 Å². The summed E-state index contributed by atoms with van der Waals surface area (Å²) in [5.74, 6) is -0.208. The Morgan fingerprint density at radius 2 is 2.23 bits per heavy atom. The molecule has 0 radical (unpaired) electrons. The fraction of sp³-hybridized carbons (Fsp3) is 0.400. The van der Waals surface area contributed by atoms with Gasteiger partial charge in [0, 0.05) is 12.2 Å². The first-order chi connectivity index (χ1) is 6.24. The van der Waals surface area contributed by atoms with E-state index in [2.05, 4.69) is 5.32 Å². The molecule has 0 spiro atoms. The normalized spacial score (nSPS) is 10.1. The first-order valence-corrected chi connectivity index (χ1v) is 4.44. The van der Waals surface area contributed by atoms with E-state index < -0.39 is 0 Å². The average molecular weight is 182 g/mol. The van der Waals surface area contributed by atoms with Gasteiger partial charge in [0.2, 0.25) is 0 Å². The minimum atomic E-state index is -0.208. The Morgan fingerprint density at radius 3 is 2.92 bits per heavy atom. The Balaban J connectivity index is 2.59. The van der Waals surface area contributed by atoms with E-state index in [0.717, 1.165) is 24.2 Å². The number of halogens is 1. The molecule has 72 valence electrons. The molecule has 0 atom stereocenters. The molecule has 0 unspecified atom stereocenters. The minimum absolute atomic E-state index is 0.208. The van der Waals surface area contributed by atoms with Crippen LogP contribution in [-0.2, 0) is 0 Å². The quantitative estimate of drug-likeness (QED) is 0.698. The number of nitrogens with two attached hydrogens (primary N) is 1. The second kappa shape index (κ2) is 4.82. The molecule has 0 aliphatic rings. The van der Waals surface area contributed by atoms with Crippen molar-refractivity contribution < 1.29 is 4.39 Å². The van der Waals surface area contributed by atoms with E-state index in [1.165, 1.54) is 12.1 Å². The van der Waals surface area contributed by atoms with Crippen LogP contribution < -0.4 is 11.1 Å². The van der Waals surface area contributed by atoms with Gasteiger partial charge in [0.15, 0.2) is 0 Å². The van der Waals surface area contributed by atoms with Crippen molar-refractivity contribution in [1.29, 1.82) is 0 Å². The van der Waals surface area contributed by atoms with Crippen molar-refractivity contribution in [2.75, 3.05) is 18.4 Å². The van der Waals surface area contributed by atoms with Crippen LogP contribution in [0.15, 0.2) is 18.2 Å². The Morgan fingerprint density at radius 1 is 1.46 bits per heavy atom. The predicted octanol–water partition coefficient (Wildman–Crippen LogP) is 1.89. The summed E-state index contributed by atoms with van der Waals surface area (Å²) in [4.78, 5) is 0. The zero-order valence-electron chi connectivity index (χ0n) is 7.81. The average Bonchev–Trinajstić information content (AvgIpc) is 2.11. The van der Waals surface area contributed by atoms with Gasteiger partial charge in [-0.15, -0.1) is 0 Å². The van der Waals surface area contributed by atoms with E-state index in [0.29, 0.717) is 6.54 Å². The highest BCUT2D eigenvalue weighted by Crippen LogP contribution is 2.15. The molecule has 0 fully saturated rings. The maximum absolute atomic E-state index is 12.8. The van der Waals surface area contributed by atoms with E-state index >= 15 is 0 Å². The van der Waals surface area contributed by atoms with Gasteiger partial charge in [0.05, 0.1) is 0 Å². The van der Waals surface area contributed by atoms with Crippen molar-refractivity contribution in [1.82, 2.24) is 0 Å². The van der Waals surface area contributed by atoms with Gasteiger partial charge in [-0.2, -0.15) is 0 Å². The second-order valence-corrected chi connectivity index (χ2v) is 3.03. The molecule has 3 N–H and O–H groups in total. The molecule has 1 aromatic rings. The van der Waals surface area contributed by atoms with Crippen LogP contribution in [0.2, 0.25) is 0 Å². The molecule has 1 aromatic carbocycles. The van der Waals surface area contributed by atoms with Crippen molar-refractivity contribution in [3.63, 3.8) is 0 Å². The van der Waals surface area contributed by atoms with Crippen LogP contribution in [0.25, 0.3) is 0 Å². The number of aryl methyl sites for hydroxylation is 1. The van der Waals surface area contributed by atoms with Crippen LogP contribution in [-0.4, -0.2) is 13.1 Å². The van der Waals surface area contributed by atoms with Crippen LogP contribution >= 0.6 is 0 Å². The summed E-state index contributed by atoms with van der Waals surface area (Å²) in [5, 5.41) is 3.13. The maximum atomic E-state index is 12.8. The molecule has 0 bridgehead atoms. The minimum Gasteiger partial charge on any atom is -0.385 e. The number of hydrogen-bond acceptors (Lipinski definition) is 2. The summed E-state index contributed by atoms with van der Waals surface area (Å²) in [6.45, 7) is 3.40. The van der Waals surface area contributed by atoms with Gasteiger partial charge in [-0.25, -0.2) is 4.39 Å². The first-order valence-electron chi connectivity index (χ1n) is 4.44. The van der Waals surface area contributed by atoms with E-state index in [9.17, 15) is 4.39 Å². The van der Waals surface area contributed by atoms with Crippen LogP contribution in [0.4, 0.5) is 10.1 Å². The lowest BCUT2D eigenvalue weighted by Crippen LogP contribution is -2.09. The molecule has 0 heterocycles. The molecule has 0 aliphatic carbocycles. The Hall–Kier alpha value is -1.09. The molecule has 3 heteroatoms. The Bertz CT molecular complexity index is 274. The lowest BCUT2D eigenvalue weighted by molar-refractivity contribution is 0.627. The van der Waals surface area contributed by atoms with Gasteiger partial charge < -0.3 is 11.1 Å². The molecule has 1 rings (SSSR count). The first kappa shape index (κ1) is 9.99. The highest BCUT2D eigenvalue weighted by molar-refractivity contribution is 5.50. The smallest absolute Gasteiger partial charge is 0.125 e. The number of hydrogen-bond donors (Lipinski definition) is 2. The molecule has 0 saturated carbocycles. The largest absolute Gasteiger partial charge is 0.385 e. The van der Waals surface area contributed by atoms with Crippen molar-refractivity contribution in [3.8, 4) is 0 Å². The van der Waals surface area contributed by atoms with Gasteiger partial charge in [-0.05, 0) is 37.6 Å². The molecular formula is C10H15FN2. The lowest BCUT2D eigenvalue weighted by Gasteiger charge is -2.08. The highest BCUT2D eigenvalue weighted by Gasteiger charge is 1.98. The second-order valence-electron chi connectivity index (χ2n) is 3.03. The summed E-state index contributed by atoms with van der Waals surface area (Å²) >= 11 is 0. The van der Waals surface area contributed by atoms with E-state index in [-0.39, 0.29) is 5.82 Å². The highest BCUT2D eigenvalue weighted by atomic mass is 19.1. The van der Waals surface area contributed by atoms with E-state index in [4.69, 9.17) is 5.73 Å². The number of nitrogens with one attached hydrogen (secondary N) is 1. The van der Waals surface area contributed by atoms with Crippen molar-refractivity contribution >= 4 is 5.69 Å². The van der Waals surface area contributed by atoms with Gasteiger partial charge in [0.1, 0.15) is 5.82 Å². The van der Waals surface area contributed by atoms with Gasteiger partial charge in [-0.1, -0.05) is 6.07 Å². The Kier molecular flexibility index (Phi) is 3.71. The monoisotopic (exact) mass is 182 g/mol. The number of rotatable bonds is 4. The third kappa shape index (κ3) is 3.03. The van der Waals surface area contributed by atoms with Gasteiger partial charge in [0.25, 0.3) is 0 Å². The third-order valence-corrected chi connectivity index (χ3v) is 1.90. The maximum Gasteiger partial charge on any atom is 0.125 e. The topological polar surface area (TPSA) is 38.0 Å². The summed E-state index contributed by atoms with van der Waals surface area (Å²) < 4.78 is 12.8. The van der Waals surface area contributed by atoms with Crippen LogP contribution in [0.5, 0.6) is 0 Å². The predicted molar refractivity (Wildman–Crippen MR) is 53.3 cm³/mol. The molecule has 13 heavy (non-hydrogen) atoms. The fourth-order valence-corrected chi connectivity index (χ4v) is 1.11. The summed E-state index contributed by atoms with van der Waals surface area (Å²) in [6.07, 6.45) is 0.899. The summed E-state index contributed by atoms with van der Waals surface area (Å²) in [5.41, 5.74) is 7.26. The molecular weight excluding hydrogens is 167 g/mol. The molecule has 0 amide bonds. The standard InChI is InChI=1S/C10H15FN2/c1-8-3-4-9(11)7-10(8)13-6-2-5-12/h3-4,7,13H,2,5-6,12H2,1H3. The third-order valence-electron chi connectivity index (χ3n) is 1.90. The van der Waals surface area contributed by atoms with Crippen LogP contribution in [0.3, 0.4) is 0 Å². The fourth-order valence-electron chi connectivity index (χ4n) is 1.11. The molecule has 0 aromatic heterocycles.